The van der Waals surface area contributed by atoms with Gasteiger partial charge in [-0.3, -0.25) is 9.59 Å². The Balaban J connectivity index is 1.51. The molecule has 6 heteroatoms. The minimum Gasteiger partial charge on any atom is -0.353 e. The maximum Gasteiger partial charge on any atom is 0.242 e. The Morgan fingerprint density at radius 2 is 1.87 bits per heavy atom. The molecule has 6 nitrogen and oxygen atoms in total. The molecular weight excluding hydrogens is 292 g/mol. The zero-order chi connectivity index (χ0) is 16.1. The Hall–Kier alpha value is -2.11. The summed E-state index contributed by atoms with van der Waals surface area (Å²) in [6.07, 6.45) is 5.41. The van der Waals surface area contributed by atoms with E-state index in [1.54, 1.807) is 11.1 Å². The van der Waals surface area contributed by atoms with E-state index in [0.717, 1.165) is 44.7 Å². The van der Waals surface area contributed by atoms with Crippen molar-refractivity contribution in [3.8, 4) is 0 Å². The summed E-state index contributed by atoms with van der Waals surface area (Å²) < 4.78 is 0. The number of anilines is 1. The molecule has 0 atom stereocenters. The van der Waals surface area contributed by atoms with Crippen LogP contribution in [0.1, 0.15) is 25.7 Å². The summed E-state index contributed by atoms with van der Waals surface area (Å²) in [7, 11) is 0. The van der Waals surface area contributed by atoms with Gasteiger partial charge in [0.25, 0.3) is 0 Å². The molecule has 2 amide bonds. The average molecular weight is 316 g/mol. The van der Waals surface area contributed by atoms with Gasteiger partial charge in [-0.05, 0) is 25.0 Å². The predicted molar refractivity (Wildman–Crippen MR) is 88.1 cm³/mol. The lowest BCUT2D eigenvalue weighted by Crippen LogP contribution is -2.52. The number of amides is 2. The lowest BCUT2D eigenvalue weighted by Gasteiger charge is -2.36. The van der Waals surface area contributed by atoms with Gasteiger partial charge >= 0.3 is 0 Å². The zero-order valence-electron chi connectivity index (χ0n) is 13.5. The molecule has 0 spiro atoms. The number of hydrogen-bond donors (Lipinski definition) is 0. The number of hydrogen-bond acceptors (Lipinski definition) is 4. The van der Waals surface area contributed by atoms with E-state index in [-0.39, 0.29) is 18.4 Å². The number of rotatable bonds is 3. The molecule has 2 aliphatic heterocycles. The fraction of sp³-hybridized carbons (Fsp3) is 0.588. The Labute approximate surface area is 137 Å². The van der Waals surface area contributed by atoms with Crippen LogP contribution < -0.4 is 4.90 Å². The predicted octanol–water partition coefficient (Wildman–Crippen LogP) is 1.13. The van der Waals surface area contributed by atoms with Crippen molar-refractivity contribution >= 4 is 17.6 Å². The Morgan fingerprint density at radius 3 is 2.61 bits per heavy atom. The van der Waals surface area contributed by atoms with Gasteiger partial charge in [0, 0.05) is 45.3 Å². The first-order chi connectivity index (χ1) is 11.2. The van der Waals surface area contributed by atoms with E-state index in [0.29, 0.717) is 19.5 Å². The van der Waals surface area contributed by atoms with Crippen molar-refractivity contribution in [3.63, 3.8) is 0 Å². The van der Waals surface area contributed by atoms with Gasteiger partial charge in [-0.1, -0.05) is 12.5 Å². The number of piperazine rings is 1. The van der Waals surface area contributed by atoms with E-state index in [1.807, 2.05) is 23.1 Å². The molecule has 1 aromatic heterocycles. The van der Waals surface area contributed by atoms with Gasteiger partial charge in [0.05, 0.1) is 6.54 Å². The van der Waals surface area contributed by atoms with E-state index in [1.165, 1.54) is 0 Å². The number of likely N-dealkylation sites (tertiary alicyclic amines) is 1. The van der Waals surface area contributed by atoms with E-state index < -0.39 is 0 Å². The van der Waals surface area contributed by atoms with Gasteiger partial charge in [-0.2, -0.15) is 0 Å². The van der Waals surface area contributed by atoms with Gasteiger partial charge < -0.3 is 14.7 Å². The van der Waals surface area contributed by atoms with Gasteiger partial charge in [-0.15, -0.1) is 0 Å². The molecule has 124 valence electrons. The van der Waals surface area contributed by atoms with Crippen molar-refractivity contribution in [2.45, 2.75) is 25.7 Å². The summed E-state index contributed by atoms with van der Waals surface area (Å²) in [4.78, 5) is 34.6. The van der Waals surface area contributed by atoms with Gasteiger partial charge in [0.1, 0.15) is 5.82 Å². The Kier molecular flexibility index (Phi) is 5.10. The summed E-state index contributed by atoms with van der Waals surface area (Å²) >= 11 is 0. The van der Waals surface area contributed by atoms with Crippen molar-refractivity contribution < 1.29 is 9.59 Å². The third-order valence-electron chi connectivity index (χ3n) is 4.60. The van der Waals surface area contributed by atoms with Crippen molar-refractivity contribution in [2.75, 3.05) is 44.2 Å². The number of carbonyl (C=O) groups excluding carboxylic acids is 2. The Morgan fingerprint density at radius 1 is 1.04 bits per heavy atom. The molecular formula is C17H24N4O2. The zero-order valence-corrected chi connectivity index (χ0v) is 13.5. The van der Waals surface area contributed by atoms with Crippen LogP contribution >= 0.6 is 0 Å². The third kappa shape index (κ3) is 4.00. The number of aromatic nitrogens is 1. The maximum atomic E-state index is 12.5. The summed E-state index contributed by atoms with van der Waals surface area (Å²) in [6, 6.07) is 5.87. The number of pyridine rings is 1. The summed E-state index contributed by atoms with van der Waals surface area (Å²) in [6.45, 7) is 3.92. The van der Waals surface area contributed by atoms with Crippen molar-refractivity contribution in [3.05, 3.63) is 24.4 Å². The average Bonchev–Trinajstić information content (AvgIpc) is 2.80. The second kappa shape index (κ2) is 7.44. The highest BCUT2D eigenvalue weighted by atomic mass is 16.2. The summed E-state index contributed by atoms with van der Waals surface area (Å²) in [5, 5.41) is 0. The standard InChI is InChI=1S/C17H24N4O2/c22-16-7-2-1-5-9-21(16)14-17(23)20-12-10-19(11-13-20)15-6-3-4-8-18-15/h3-4,6,8H,1-2,5,7,9-14H2. The molecule has 0 saturated carbocycles. The fourth-order valence-electron chi connectivity index (χ4n) is 3.19. The SMILES string of the molecule is O=C(CN1CCCCCC1=O)N1CCN(c2ccccn2)CC1. The molecule has 0 aromatic carbocycles. The largest absolute Gasteiger partial charge is 0.353 e. The van der Waals surface area contributed by atoms with Gasteiger partial charge in [0.2, 0.25) is 11.8 Å². The van der Waals surface area contributed by atoms with Gasteiger partial charge in [-0.25, -0.2) is 4.98 Å². The molecule has 2 fully saturated rings. The molecule has 2 aliphatic rings. The monoisotopic (exact) mass is 316 g/mol. The number of carbonyl (C=O) groups is 2. The van der Waals surface area contributed by atoms with Crippen LogP contribution in [0.4, 0.5) is 5.82 Å². The molecule has 3 rings (SSSR count). The van der Waals surface area contributed by atoms with Crippen LogP contribution in [0.3, 0.4) is 0 Å². The fourth-order valence-corrected chi connectivity index (χ4v) is 3.19. The topological polar surface area (TPSA) is 56.8 Å². The second-order valence-electron chi connectivity index (χ2n) is 6.18. The van der Waals surface area contributed by atoms with Crippen LogP contribution in [0.15, 0.2) is 24.4 Å². The van der Waals surface area contributed by atoms with E-state index in [9.17, 15) is 9.59 Å². The first-order valence-electron chi connectivity index (χ1n) is 8.45. The van der Waals surface area contributed by atoms with Crippen molar-refractivity contribution in [2.24, 2.45) is 0 Å². The molecule has 0 radical (unpaired) electrons. The molecule has 0 N–H and O–H groups in total. The Bertz CT molecular complexity index is 541. The van der Waals surface area contributed by atoms with Crippen LogP contribution in [0.2, 0.25) is 0 Å². The molecule has 23 heavy (non-hydrogen) atoms. The maximum absolute atomic E-state index is 12.5. The molecule has 0 aliphatic carbocycles. The van der Waals surface area contributed by atoms with Crippen molar-refractivity contribution in [1.29, 1.82) is 0 Å². The van der Waals surface area contributed by atoms with Crippen molar-refractivity contribution in [1.82, 2.24) is 14.8 Å². The van der Waals surface area contributed by atoms with Crippen LogP contribution in [-0.4, -0.2) is 65.9 Å². The first-order valence-corrected chi connectivity index (χ1v) is 8.45. The highest BCUT2D eigenvalue weighted by Gasteiger charge is 2.25. The first kappa shape index (κ1) is 15.8. The molecule has 1 aromatic rings. The molecule has 3 heterocycles. The highest BCUT2D eigenvalue weighted by Crippen LogP contribution is 2.14. The normalized spacial score (nSPS) is 19.7. The van der Waals surface area contributed by atoms with E-state index >= 15 is 0 Å². The quantitative estimate of drug-likeness (QED) is 0.839. The lowest BCUT2D eigenvalue weighted by atomic mass is 10.2. The molecule has 2 saturated heterocycles. The lowest BCUT2D eigenvalue weighted by molar-refractivity contribution is -0.140. The molecule has 0 unspecified atom stereocenters. The van der Waals surface area contributed by atoms with Crippen LogP contribution in [0.25, 0.3) is 0 Å². The minimum atomic E-state index is 0.0703. The number of nitrogens with zero attached hydrogens (tertiary/aromatic N) is 4. The third-order valence-corrected chi connectivity index (χ3v) is 4.60. The highest BCUT2D eigenvalue weighted by molar-refractivity contribution is 5.85. The van der Waals surface area contributed by atoms with E-state index in [2.05, 4.69) is 9.88 Å². The smallest absolute Gasteiger partial charge is 0.242 e. The summed E-state index contributed by atoms with van der Waals surface area (Å²) in [5.74, 6) is 1.16. The summed E-state index contributed by atoms with van der Waals surface area (Å²) in [5.41, 5.74) is 0. The van der Waals surface area contributed by atoms with Crippen LogP contribution in [-0.2, 0) is 9.59 Å². The van der Waals surface area contributed by atoms with Crippen LogP contribution in [0, 0.1) is 0 Å². The van der Waals surface area contributed by atoms with Crippen LogP contribution in [0.5, 0.6) is 0 Å². The van der Waals surface area contributed by atoms with Gasteiger partial charge in [0.15, 0.2) is 0 Å². The second-order valence-corrected chi connectivity index (χ2v) is 6.18. The minimum absolute atomic E-state index is 0.0703. The molecule has 0 bridgehead atoms. The van der Waals surface area contributed by atoms with E-state index in [4.69, 9.17) is 0 Å².